The molecule has 0 aromatic heterocycles. The number of carboxylic acid groups (broad SMARTS) is 2. The number of aliphatic carboxylic acids is 2. The summed E-state index contributed by atoms with van der Waals surface area (Å²) >= 11 is 0. The number of carboxylic acids is 2. The molecule has 0 rings (SSSR count). The Labute approximate surface area is 183 Å². The summed E-state index contributed by atoms with van der Waals surface area (Å²) in [6.45, 7) is 6.75. The molecule has 0 radical (unpaired) electrons. The molecule has 23 heavy (non-hydrogen) atoms. The van der Waals surface area contributed by atoms with E-state index in [1.807, 2.05) is 0 Å². The van der Waals surface area contributed by atoms with Crippen LogP contribution in [0.5, 0.6) is 0 Å². The molecule has 0 aliphatic heterocycles. The van der Waals surface area contributed by atoms with Crippen molar-refractivity contribution in [2.45, 2.75) is 84.1 Å². The normalized spacial score (nSPS) is 10.6. The average Bonchev–Trinajstić information content (AvgIpc) is 2.48. The maximum Gasteiger partial charge on any atom is 1.00 e. The Morgan fingerprint density at radius 2 is 1.30 bits per heavy atom. The van der Waals surface area contributed by atoms with Crippen LogP contribution in [0.15, 0.2) is 12.2 Å². The van der Waals surface area contributed by atoms with Crippen LogP contribution in [0.2, 0.25) is 0 Å². The van der Waals surface area contributed by atoms with Gasteiger partial charge < -0.3 is 20.7 Å². The van der Waals surface area contributed by atoms with E-state index in [2.05, 4.69) is 20.8 Å². The fourth-order valence-corrected chi connectivity index (χ4v) is 2.10. The topological polar surface area (TPSA) is 103 Å². The fraction of sp³-hybridized carbons (Fsp3) is 0.765. The van der Waals surface area contributed by atoms with Gasteiger partial charge in [0.2, 0.25) is 0 Å². The van der Waals surface area contributed by atoms with Crippen molar-refractivity contribution >= 4 is 11.9 Å². The molecule has 0 saturated carbocycles. The Balaban J connectivity index is -0.000000382. The maximum atomic E-state index is 9.53. The molecule has 5 nitrogen and oxygen atoms in total. The Morgan fingerprint density at radius 1 is 0.957 bits per heavy atom. The summed E-state index contributed by atoms with van der Waals surface area (Å²) in [5.74, 6) is -2.80. The van der Waals surface area contributed by atoms with Crippen LogP contribution in [-0.4, -0.2) is 22.6 Å². The van der Waals surface area contributed by atoms with E-state index < -0.39 is 11.9 Å². The standard InChI is InChI=1S/C13H29N.C4H4O4.K/c1-4-7-10-13(14,11-8-5-2)12-9-6-3;5-3(6)1-2-4(7)8;/h4-12,14H2,1-3H3;1-2H,(H,5,6)(H,7,8);/q;;+1/p-1. The molecule has 0 saturated heterocycles. The second-order valence-corrected chi connectivity index (χ2v) is 5.66. The summed E-state index contributed by atoms with van der Waals surface area (Å²) in [5.41, 5.74) is 6.61. The first-order chi connectivity index (χ1) is 10.3. The predicted octanol–water partition coefficient (Wildman–Crippen LogP) is -0.364. The maximum absolute atomic E-state index is 9.53. The smallest absolute Gasteiger partial charge is 0.545 e. The quantitative estimate of drug-likeness (QED) is 0.390. The van der Waals surface area contributed by atoms with E-state index in [1.165, 1.54) is 57.8 Å². The summed E-state index contributed by atoms with van der Waals surface area (Å²) in [6, 6.07) is 0. The molecule has 0 aromatic carbocycles. The van der Waals surface area contributed by atoms with Gasteiger partial charge in [-0.1, -0.05) is 59.3 Å². The number of rotatable bonds is 11. The van der Waals surface area contributed by atoms with Gasteiger partial charge in [-0.25, -0.2) is 4.79 Å². The van der Waals surface area contributed by atoms with Crippen LogP contribution in [0.25, 0.3) is 0 Å². The second-order valence-electron chi connectivity index (χ2n) is 5.66. The fourth-order valence-electron chi connectivity index (χ4n) is 2.10. The Bertz CT molecular complexity index is 295. The molecule has 0 atom stereocenters. The summed E-state index contributed by atoms with van der Waals surface area (Å²) in [4.78, 5) is 19.0. The average molecular weight is 354 g/mol. The van der Waals surface area contributed by atoms with Crippen LogP contribution in [0.1, 0.15) is 78.6 Å². The molecule has 3 N–H and O–H groups in total. The van der Waals surface area contributed by atoms with Crippen molar-refractivity contribution in [1.82, 2.24) is 0 Å². The molecule has 0 aromatic rings. The second kappa shape index (κ2) is 18.6. The Kier molecular flexibility index (Phi) is 22.7. The van der Waals surface area contributed by atoms with Crippen LogP contribution in [0.3, 0.4) is 0 Å². The van der Waals surface area contributed by atoms with Crippen molar-refractivity contribution in [1.29, 1.82) is 0 Å². The Hall–Kier alpha value is 0.276. The van der Waals surface area contributed by atoms with Gasteiger partial charge in [-0.05, 0) is 25.3 Å². The first-order valence-corrected chi connectivity index (χ1v) is 8.22. The molecule has 6 heteroatoms. The minimum atomic E-state index is -1.51. The number of nitrogens with two attached hydrogens (primary N) is 1. The zero-order valence-corrected chi connectivity index (χ0v) is 18.4. The summed E-state index contributed by atoms with van der Waals surface area (Å²) < 4.78 is 0. The van der Waals surface area contributed by atoms with Crippen LogP contribution >= 0.6 is 0 Å². The molecule has 0 heterocycles. The van der Waals surface area contributed by atoms with Crippen molar-refractivity contribution in [3.8, 4) is 0 Å². The molecule has 0 amide bonds. The van der Waals surface area contributed by atoms with E-state index in [1.54, 1.807) is 0 Å². The number of hydrogen-bond donors (Lipinski definition) is 2. The van der Waals surface area contributed by atoms with Crippen molar-refractivity contribution in [3.05, 3.63) is 12.2 Å². The van der Waals surface area contributed by atoms with E-state index >= 15 is 0 Å². The summed E-state index contributed by atoms with van der Waals surface area (Å²) in [6.07, 6.45) is 12.3. The Morgan fingerprint density at radius 3 is 1.48 bits per heavy atom. The zero-order valence-electron chi connectivity index (χ0n) is 15.3. The zero-order chi connectivity index (χ0) is 17.4. The minimum absolute atomic E-state index is 0. The molecular weight excluding hydrogens is 321 g/mol. The summed E-state index contributed by atoms with van der Waals surface area (Å²) in [7, 11) is 0. The summed E-state index contributed by atoms with van der Waals surface area (Å²) in [5, 5.41) is 17.2. The van der Waals surface area contributed by atoms with E-state index in [4.69, 9.17) is 10.8 Å². The molecule has 0 fully saturated rings. The predicted molar refractivity (Wildman–Crippen MR) is 87.3 cm³/mol. The number of unbranched alkanes of at least 4 members (excludes halogenated alkanes) is 3. The van der Waals surface area contributed by atoms with E-state index in [0.717, 1.165) is 0 Å². The first-order valence-electron chi connectivity index (χ1n) is 8.22. The van der Waals surface area contributed by atoms with Crippen LogP contribution in [0, 0.1) is 0 Å². The SMILES string of the molecule is CCCCC(N)(CCCC)CCCC.O=C([O-])C=CC(=O)O.[K+]. The van der Waals surface area contributed by atoms with Crippen molar-refractivity contribution < 1.29 is 71.2 Å². The van der Waals surface area contributed by atoms with Crippen molar-refractivity contribution in [2.75, 3.05) is 0 Å². The van der Waals surface area contributed by atoms with Gasteiger partial charge in [-0.2, -0.15) is 0 Å². The number of carbonyl (C=O) groups is 2. The van der Waals surface area contributed by atoms with Crippen LogP contribution in [-0.2, 0) is 9.59 Å². The van der Waals surface area contributed by atoms with Gasteiger partial charge >= 0.3 is 57.4 Å². The van der Waals surface area contributed by atoms with Gasteiger partial charge in [0.15, 0.2) is 0 Å². The molecule has 0 aliphatic rings. The monoisotopic (exact) mass is 353 g/mol. The third-order valence-electron chi connectivity index (χ3n) is 3.45. The van der Waals surface area contributed by atoms with Gasteiger partial charge in [0.1, 0.15) is 0 Å². The third kappa shape index (κ3) is 22.3. The number of hydrogen-bond acceptors (Lipinski definition) is 4. The van der Waals surface area contributed by atoms with Gasteiger partial charge in [-0.3, -0.25) is 0 Å². The molecular formula is C17H32KNO4. The van der Waals surface area contributed by atoms with Crippen molar-refractivity contribution in [2.24, 2.45) is 5.73 Å². The number of carbonyl (C=O) groups excluding carboxylic acids is 1. The van der Waals surface area contributed by atoms with E-state index in [9.17, 15) is 14.7 Å². The van der Waals surface area contributed by atoms with E-state index in [0.29, 0.717) is 12.2 Å². The molecule has 130 valence electrons. The third-order valence-corrected chi connectivity index (χ3v) is 3.45. The first kappa shape index (κ1) is 28.1. The van der Waals surface area contributed by atoms with Crippen molar-refractivity contribution in [3.63, 3.8) is 0 Å². The molecule has 0 unspecified atom stereocenters. The van der Waals surface area contributed by atoms with Crippen LogP contribution in [0.4, 0.5) is 0 Å². The van der Waals surface area contributed by atoms with E-state index in [-0.39, 0.29) is 56.9 Å². The minimum Gasteiger partial charge on any atom is -0.545 e. The van der Waals surface area contributed by atoms with Gasteiger partial charge in [0.05, 0.1) is 5.97 Å². The molecule has 0 spiro atoms. The van der Waals surface area contributed by atoms with Gasteiger partial charge in [0.25, 0.3) is 0 Å². The van der Waals surface area contributed by atoms with Gasteiger partial charge in [0, 0.05) is 11.6 Å². The largest absolute Gasteiger partial charge is 1.00 e. The molecule has 0 aliphatic carbocycles. The van der Waals surface area contributed by atoms with Gasteiger partial charge in [-0.15, -0.1) is 0 Å². The molecule has 0 bridgehead atoms. The van der Waals surface area contributed by atoms with Crippen LogP contribution < -0.4 is 62.2 Å².